The van der Waals surface area contributed by atoms with E-state index in [1.54, 1.807) is 13.8 Å². The van der Waals surface area contributed by atoms with Crippen LogP contribution in [0.5, 0.6) is 11.5 Å². The van der Waals surface area contributed by atoms with Crippen LogP contribution in [0, 0.1) is 37.7 Å². The number of rotatable bonds is 8. The van der Waals surface area contributed by atoms with Crippen LogP contribution in [0.4, 0.5) is 4.79 Å². The fourth-order valence-corrected chi connectivity index (χ4v) is 4.11. The summed E-state index contributed by atoms with van der Waals surface area (Å²) in [6.45, 7) is 6.46. The predicted octanol–water partition coefficient (Wildman–Crippen LogP) is 2.31. The maximum Gasteiger partial charge on any atom is 0.431 e. The smallest absolute Gasteiger partial charge is 0.431 e. The molecule has 1 aromatic heterocycles. The fourth-order valence-electron chi connectivity index (χ4n) is 4.11. The minimum absolute atomic E-state index is 0.0166. The molecule has 0 spiro atoms. The number of carbonyl (C=O) groups excluding carboxylic acids is 1. The van der Waals surface area contributed by atoms with Gasteiger partial charge < -0.3 is 33.7 Å². The highest BCUT2D eigenvalue weighted by molar-refractivity contribution is 6.04. The van der Waals surface area contributed by atoms with Gasteiger partial charge in [-0.1, -0.05) is 31.3 Å². The second kappa shape index (κ2) is 12.3. The van der Waals surface area contributed by atoms with E-state index in [9.17, 15) is 19.8 Å². The Morgan fingerprint density at radius 2 is 2.05 bits per heavy atom. The van der Waals surface area contributed by atoms with Gasteiger partial charge >= 0.3 is 11.7 Å². The van der Waals surface area contributed by atoms with E-state index < -0.39 is 42.2 Å². The molecule has 12 heteroatoms. The number of hydroxylamine groups is 1. The van der Waals surface area contributed by atoms with Crippen LogP contribution in [-0.2, 0) is 19.1 Å². The molecule has 3 N–H and O–H groups in total. The molecule has 0 bridgehead atoms. The molecule has 0 saturated carbocycles. The van der Waals surface area contributed by atoms with Gasteiger partial charge in [0.05, 0.1) is 17.2 Å². The van der Waals surface area contributed by atoms with E-state index in [1.165, 1.54) is 19.1 Å². The lowest BCUT2D eigenvalue weighted by Gasteiger charge is -2.42. The number of fused-ring (bicyclic) bond motifs is 1. The normalized spacial score (nSPS) is 23.2. The molecule has 1 amide bonds. The van der Waals surface area contributed by atoms with Crippen LogP contribution >= 0.6 is 0 Å². The lowest BCUT2D eigenvalue weighted by molar-refractivity contribution is -0.256. The maximum atomic E-state index is 12.7. The van der Waals surface area contributed by atoms with Crippen LogP contribution in [0.3, 0.4) is 0 Å². The number of carbonyl (C=O) groups is 1. The highest BCUT2D eigenvalue weighted by Crippen LogP contribution is 2.36. The van der Waals surface area contributed by atoms with Gasteiger partial charge in [0.15, 0.2) is 6.10 Å². The molecule has 3 rings (SSSR count). The first-order valence-electron chi connectivity index (χ1n) is 11.6. The summed E-state index contributed by atoms with van der Waals surface area (Å²) in [5, 5.41) is 25.4. The molecule has 0 aliphatic carbocycles. The highest BCUT2D eigenvalue weighted by atomic mass is 16.7. The molecule has 1 fully saturated rings. The summed E-state index contributed by atoms with van der Waals surface area (Å²) < 4.78 is 22.8. The largest absolute Gasteiger partial charge is 0.506 e. The summed E-state index contributed by atoms with van der Waals surface area (Å²) in [6, 6.07) is 2.97. The van der Waals surface area contributed by atoms with E-state index in [4.69, 9.17) is 36.3 Å². The number of oxime groups is 1. The number of hydrogen-bond donors (Lipinski definition) is 3. The number of aromatic hydroxyl groups is 1. The molecule has 1 aliphatic rings. The SMILES string of the molecule is C#CCONC(=O)O[C@H]1C(Oc2ccc3c(O)c(/C(C)=N/OC#C)c(=O)oc3c2C)O[C@@H](CC)[C@H](C)[C@H]1O. The summed E-state index contributed by atoms with van der Waals surface area (Å²) in [5.41, 5.74) is 1.31. The highest BCUT2D eigenvalue weighted by Gasteiger charge is 2.46. The van der Waals surface area contributed by atoms with Crippen molar-refractivity contribution in [2.24, 2.45) is 11.1 Å². The van der Waals surface area contributed by atoms with Gasteiger partial charge in [-0.05, 0) is 32.4 Å². The molecule has 202 valence electrons. The summed E-state index contributed by atoms with van der Waals surface area (Å²) in [5.74, 6) is 1.59. The Labute approximate surface area is 218 Å². The Morgan fingerprint density at radius 1 is 1.32 bits per heavy atom. The number of amides is 1. The number of terminal acetylenes is 2. The van der Waals surface area contributed by atoms with Gasteiger partial charge in [-0.25, -0.2) is 9.59 Å². The van der Waals surface area contributed by atoms with Crippen molar-refractivity contribution in [2.75, 3.05) is 6.61 Å². The minimum atomic E-state index is -1.25. The van der Waals surface area contributed by atoms with Crippen LogP contribution in [0.1, 0.15) is 38.3 Å². The van der Waals surface area contributed by atoms with E-state index in [0.717, 1.165) is 0 Å². The first-order chi connectivity index (χ1) is 18.1. The van der Waals surface area contributed by atoms with Crippen LogP contribution in [0.25, 0.3) is 11.0 Å². The lowest BCUT2D eigenvalue weighted by Crippen LogP contribution is -2.57. The zero-order chi connectivity index (χ0) is 28.0. The van der Waals surface area contributed by atoms with Gasteiger partial charge in [-0.2, -0.15) is 5.48 Å². The number of nitrogens with one attached hydrogen (secondary N) is 1. The molecule has 12 nitrogen and oxygen atoms in total. The van der Waals surface area contributed by atoms with Crippen molar-refractivity contribution in [3.63, 3.8) is 0 Å². The van der Waals surface area contributed by atoms with Gasteiger partial charge in [-0.3, -0.25) is 4.84 Å². The molecular weight excluding hydrogens is 500 g/mol. The molecule has 2 aromatic rings. The third-order valence-corrected chi connectivity index (χ3v) is 6.08. The fraction of sp³-hybridized carbons (Fsp3) is 0.423. The molecular formula is C26H28N2O10. The topological polar surface area (TPSA) is 158 Å². The molecule has 1 saturated heterocycles. The van der Waals surface area contributed by atoms with E-state index in [-0.39, 0.29) is 40.4 Å². The second-order valence-electron chi connectivity index (χ2n) is 8.45. The van der Waals surface area contributed by atoms with Crippen molar-refractivity contribution in [1.29, 1.82) is 0 Å². The van der Waals surface area contributed by atoms with Gasteiger partial charge in [0, 0.05) is 11.5 Å². The molecule has 1 aromatic carbocycles. The number of benzene rings is 1. The van der Waals surface area contributed by atoms with E-state index in [2.05, 4.69) is 15.9 Å². The van der Waals surface area contributed by atoms with Gasteiger partial charge in [0.1, 0.15) is 41.5 Å². The first-order valence-corrected chi connectivity index (χ1v) is 11.6. The molecule has 2 heterocycles. The second-order valence-corrected chi connectivity index (χ2v) is 8.45. The van der Waals surface area contributed by atoms with Crippen molar-refractivity contribution in [1.82, 2.24) is 5.48 Å². The van der Waals surface area contributed by atoms with Crippen LogP contribution in [0.2, 0.25) is 0 Å². The standard InChI is InChI=1S/C26H28N2O10/c1-7-12-34-28-26(32)38-23-20(29)13(4)17(8-2)35-25(23)36-18-11-10-16-21(30)19(15(6)27-33-9-3)24(31)37-22(16)14(18)5/h1,3,10-11,13,17,20,23,25,29-30H,8,12H2,2,4-6H3,(H,28,32)/b27-15+/t13-,17-,20+,23+,25?/m0/s1. The van der Waals surface area contributed by atoms with E-state index in [1.807, 2.05) is 18.5 Å². The maximum absolute atomic E-state index is 12.7. The number of hydrogen-bond acceptors (Lipinski definition) is 11. The van der Waals surface area contributed by atoms with Crippen LogP contribution in [0.15, 0.2) is 26.5 Å². The average Bonchev–Trinajstić information content (AvgIpc) is 2.89. The first kappa shape index (κ1) is 28.3. The summed E-state index contributed by atoms with van der Waals surface area (Å²) in [6.07, 6.45) is 7.43. The molecule has 38 heavy (non-hydrogen) atoms. The van der Waals surface area contributed by atoms with Crippen molar-refractivity contribution in [3.8, 4) is 36.4 Å². The lowest BCUT2D eigenvalue weighted by atomic mass is 9.89. The quantitative estimate of drug-likeness (QED) is 0.153. The Bertz CT molecular complexity index is 1350. The predicted molar refractivity (Wildman–Crippen MR) is 134 cm³/mol. The molecule has 1 unspecified atom stereocenters. The molecule has 0 radical (unpaired) electrons. The Kier molecular flexibility index (Phi) is 9.20. The van der Waals surface area contributed by atoms with E-state index >= 15 is 0 Å². The third kappa shape index (κ3) is 5.84. The van der Waals surface area contributed by atoms with Gasteiger partial charge in [0.2, 0.25) is 6.29 Å². The number of nitrogens with zero attached hydrogens (tertiary/aromatic N) is 1. The number of aliphatic hydroxyl groups excluding tert-OH is 1. The summed E-state index contributed by atoms with van der Waals surface area (Å²) in [7, 11) is 0. The third-order valence-electron chi connectivity index (χ3n) is 6.08. The minimum Gasteiger partial charge on any atom is -0.506 e. The van der Waals surface area contributed by atoms with Gasteiger partial charge in [0.25, 0.3) is 0 Å². The molecule has 1 aliphatic heterocycles. The number of aliphatic hydroxyl groups is 1. The zero-order valence-corrected chi connectivity index (χ0v) is 21.2. The van der Waals surface area contributed by atoms with Crippen LogP contribution < -0.4 is 15.8 Å². The Balaban J connectivity index is 1.97. The van der Waals surface area contributed by atoms with Crippen molar-refractivity contribution in [2.45, 2.75) is 58.7 Å². The summed E-state index contributed by atoms with van der Waals surface area (Å²) >= 11 is 0. The zero-order valence-electron chi connectivity index (χ0n) is 21.2. The van der Waals surface area contributed by atoms with Crippen molar-refractivity contribution < 1.29 is 43.3 Å². The Morgan fingerprint density at radius 3 is 2.71 bits per heavy atom. The summed E-state index contributed by atoms with van der Waals surface area (Å²) in [4.78, 5) is 34.1. The average molecular weight is 529 g/mol. The van der Waals surface area contributed by atoms with Gasteiger partial charge in [-0.15, -0.1) is 6.42 Å². The Hall–Kier alpha value is -4.23. The van der Waals surface area contributed by atoms with E-state index in [0.29, 0.717) is 12.0 Å². The van der Waals surface area contributed by atoms with Crippen molar-refractivity contribution >= 4 is 22.8 Å². The monoisotopic (exact) mass is 528 g/mol. The molecule has 5 atom stereocenters. The number of aryl methyl sites for hydroxylation is 1. The van der Waals surface area contributed by atoms with Crippen molar-refractivity contribution in [3.05, 3.63) is 33.7 Å². The number of ether oxygens (including phenoxy) is 3. The van der Waals surface area contributed by atoms with Crippen LogP contribution in [-0.4, -0.2) is 53.2 Å².